The van der Waals surface area contributed by atoms with Crippen molar-refractivity contribution in [1.29, 1.82) is 0 Å². The van der Waals surface area contributed by atoms with Gasteiger partial charge >= 0.3 is 0 Å². The quantitative estimate of drug-likeness (QED) is 0.681. The predicted molar refractivity (Wildman–Crippen MR) is 84.8 cm³/mol. The lowest BCUT2D eigenvalue weighted by Gasteiger charge is -2.24. The van der Waals surface area contributed by atoms with Crippen LogP contribution in [0, 0.1) is 0 Å². The summed E-state index contributed by atoms with van der Waals surface area (Å²) < 4.78 is 0. The van der Waals surface area contributed by atoms with E-state index in [0.29, 0.717) is 17.2 Å². The summed E-state index contributed by atoms with van der Waals surface area (Å²) in [5.74, 6) is -0.139. The summed E-state index contributed by atoms with van der Waals surface area (Å²) in [6.07, 6.45) is 0. The third kappa shape index (κ3) is 6.10. The third-order valence-electron chi connectivity index (χ3n) is 2.52. The minimum absolute atomic E-state index is 0.139. The Bertz CT molecular complexity index is 480. The van der Waals surface area contributed by atoms with Crippen molar-refractivity contribution in [2.45, 2.75) is 19.4 Å². The van der Waals surface area contributed by atoms with Crippen LogP contribution < -0.4 is 11.1 Å². The summed E-state index contributed by atoms with van der Waals surface area (Å²) in [6, 6.07) is 7.03. The number of aliphatic hydroxyl groups is 1. The molecule has 0 saturated carbocycles. The van der Waals surface area contributed by atoms with Gasteiger partial charge in [-0.1, -0.05) is 12.2 Å². The van der Waals surface area contributed by atoms with Gasteiger partial charge in [0.2, 0.25) is 5.91 Å². The number of nitrogens with one attached hydrogen (secondary N) is 1. The number of benzene rings is 1. The maximum Gasteiger partial charge on any atom is 0.238 e. The fraction of sp³-hybridized carbons (Fsp3) is 0.429. The van der Waals surface area contributed by atoms with E-state index >= 15 is 0 Å². The predicted octanol–water partition coefficient (Wildman–Crippen LogP) is 0.962. The number of likely N-dealkylation sites (N-methyl/N-ethyl adjacent to an activating group) is 1. The van der Waals surface area contributed by atoms with Crippen molar-refractivity contribution in [3.05, 3.63) is 29.8 Å². The first-order valence-electron chi connectivity index (χ1n) is 6.28. The van der Waals surface area contributed by atoms with E-state index in [1.54, 1.807) is 50.1 Å². The highest BCUT2D eigenvalue weighted by atomic mass is 32.1. The SMILES string of the molecule is CN(CC(=O)Nc1ccc(C(N)=S)cc1)CC(C)(C)O. The molecule has 0 radical (unpaired) electrons. The van der Waals surface area contributed by atoms with Crippen LogP contribution in [0.3, 0.4) is 0 Å². The third-order valence-corrected chi connectivity index (χ3v) is 2.76. The van der Waals surface area contributed by atoms with E-state index in [9.17, 15) is 9.90 Å². The Labute approximate surface area is 124 Å². The number of carbonyl (C=O) groups is 1. The zero-order valence-electron chi connectivity index (χ0n) is 12.0. The smallest absolute Gasteiger partial charge is 0.238 e. The first-order valence-corrected chi connectivity index (χ1v) is 6.69. The number of thiocarbonyl (C=S) groups is 1. The Morgan fingerprint density at radius 1 is 1.40 bits per heavy atom. The molecule has 0 heterocycles. The summed E-state index contributed by atoms with van der Waals surface area (Å²) >= 11 is 4.86. The van der Waals surface area contributed by atoms with Crippen molar-refractivity contribution in [3.8, 4) is 0 Å². The number of nitrogens with two attached hydrogens (primary N) is 1. The lowest BCUT2D eigenvalue weighted by atomic mass is 10.1. The highest BCUT2D eigenvalue weighted by molar-refractivity contribution is 7.80. The van der Waals surface area contributed by atoms with Crippen LogP contribution in [0.4, 0.5) is 5.69 Å². The second-order valence-electron chi connectivity index (χ2n) is 5.47. The Morgan fingerprint density at radius 2 is 1.95 bits per heavy atom. The standard InChI is InChI=1S/C14H21N3O2S/c1-14(2,19)9-17(3)8-12(18)16-11-6-4-10(5-7-11)13(15)20/h4-7,19H,8-9H2,1-3H3,(H2,15,20)(H,16,18). The number of carbonyl (C=O) groups excluding carboxylic acids is 1. The summed E-state index contributed by atoms with van der Waals surface area (Å²) in [5.41, 5.74) is 6.13. The molecule has 1 aromatic rings. The number of hydrogen-bond acceptors (Lipinski definition) is 4. The van der Waals surface area contributed by atoms with Crippen LogP contribution in [-0.2, 0) is 4.79 Å². The lowest BCUT2D eigenvalue weighted by Crippen LogP contribution is -2.40. The number of nitrogens with zero attached hydrogens (tertiary/aromatic N) is 1. The molecule has 1 rings (SSSR count). The zero-order valence-corrected chi connectivity index (χ0v) is 12.8. The van der Waals surface area contributed by atoms with E-state index in [1.807, 2.05) is 0 Å². The van der Waals surface area contributed by atoms with E-state index in [0.717, 1.165) is 5.56 Å². The van der Waals surface area contributed by atoms with Crippen molar-refractivity contribution in [2.24, 2.45) is 5.73 Å². The maximum absolute atomic E-state index is 11.8. The highest BCUT2D eigenvalue weighted by Crippen LogP contribution is 2.10. The Morgan fingerprint density at radius 3 is 2.40 bits per heavy atom. The summed E-state index contributed by atoms with van der Waals surface area (Å²) in [6.45, 7) is 4.04. The topological polar surface area (TPSA) is 78.6 Å². The van der Waals surface area contributed by atoms with Crippen LogP contribution in [0.1, 0.15) is 19.4 Å². The molecule has 6 heteroatoms. The molecule has 110 valence electrons. The molecule has 0 aliphatic carbocycles. The molecule has 0 aromatic heterocycles. The molecule has 0 bridgehead atoms. The first kappa shape index (κ1) is 16.6. The Kier molecular flexibility index (Phi) is 5.62. The normalized spacial score (nSPS) is 11.4. The van der Waals surface area contributed by atoms with Crippen LogP contribution in [0.25, 0.3) is 0 Å². The molecule has 0 spiro atoms. The monoisotopic (exact) mass is 295 g/mol. The van der Waals surface area contributed by atoms with E-state index in [2.05, 4.69) is 5.32 Å². The second kappa shape index (κ2) is 6.78. The molecule has 1 amide bonds. The summed E-state index contributed by atoms with van der Waals surface area (Å²) in [7, 11) is 1.79. The zero-order chi connectivity index (χ0) is 15.3. The largest absolute Gasteiger partial charge is 0.389 e. The van der Waals surface area contributed by atoms with Crippen LogP contribution in [0.15, 0.2) is 24.3 Å². The van der Waals surface area contributed by atoms with Crippen molar-refractivity contribution in [2.75, 3.05) is 25.5 Å². The average molecular weight is 295 g/mol. The molecule has 0 fully saturated rings. The molecule has 1 aromatic carbocycles. The molecular formula is C14H21N3O2S. The number of rotatable bonds is 6. The van der Waals surface area contributed by atoms with Crippen LogP contribution >= 0.6 is 12.2 Å². The maximum atomic E-state index is 11.8. The van der Waals surface area contributed by atoms with Gasteiger partial charge in [0.1, 0.15) is 4.99 Å². The molecule has 0 atom stereocenters. The minimum atomic E-state index is -0.826. The second-order valence-corrected chi connectivity index (χ2v) is 5.91. The molecule has 0 aliphatic rings. The molecule has 0 unspecified atom stereocenters. The van der Waals surface area contributed by atoms with E-state index in [4.69, 9.17) is 18.0 Å². The molecule has 5 nitrogen and oxygen atoms in total. The van der Waals surface area contributed by atoms with Gasteiger partial charge in [-0.2, -0.15) is 0 Å². The summed E-state index contributed by atoms with van der Waals surface area (Å²) in [5, 5.41) is 12.5. The number of amides is 1. The lowest BCUT2D eigenvalue weighted by molar-refractivity contribution is -0.117. The van der Waals surface area contributed by atoms with Gasteiger partial charge < -0.3 is 16.2 Å². The number of anilines is 1. The molecular weight excluding hydrogens is 274 g/mol. The van der Waals surface area contributed by atoms with Crippen molar-refractivity contribution >= 4 is 28.8 Å². The van der Waals surface area contributed by atoms with Gasteiger partial charge in [-0.15, -0.1) is 0 Å². The van der Waals surface area contributed by atoms with Crippen LogP contribution in [-0.4, -0.2) is 46.6 Å². The highest BCUT2D eigenvalue weighted by Gasteiger charge is 2.17. The first-order chi connectivity index (χ1) is 9.17. The van der Waals surface area contributed by atoms with E-state index in [1.165, 1.54) is 0 Å². The fourth-order valence-corrected chi connectivity index (χ4v) is 2.02. The Balaban J connectivity index is 2.52. The van der Waals surface area contributed by atoms with E-state index in [-0.39, 0.29) is 12.5 Å². The van der Waals surface area contributed by atoms with Gasteiger partial charge in [0.05, 0.1) is 12.1 Å². The minimum Gasteiger partial charge on any atom is -0.389 e. The van der Waals surface area contributed by atoms with Crippen LogP contribution in [0.5, 0.6) is 0 Å². The molecule has 4 N–H and O–H groups in total. The van der Waals surface area contributed by atoms with Crippen molar-refractivity contribution in [1.82, 2.24) is 4.90 Å². The van der Waals surface area contributed by atoms with E-state index < -0.39 is 5.60 Å². The average Bonchev–Trinajstić information content (AvgIpc) is 2.26. The van der Waals surface area contributed by atoms with Crippen molar-refractivity contribution in [3.63, 3.8) is 0 Å². The number of hydrogen-bond donors (Lipinski definition) is 3. The Hall–Kier alpha value is -1.50. The van der Waals surface area contributed by atoms with Crippen LogP contribution in [0.2, 0.25) is 0 Å². The van der Waals surface area contributed by atoms with Crippen molar-refractivity contribution < 1.29 is 9.90 Å². The van der Waals surface area contributed by atoms with Gasteiger partial charge in [0.25, 0.3) is 0 Å². The van der Waals surface area contributed by atoms with Gasteiger partial charge in [0.15, 0.2) is 0 Å². The van der Waals surface area contributed by atoms with Gasteiger partial charge in [0, 0.05) is 17.8 Å². The van der Waals surface area contributed by atoms with Gasteiger partial charge in [-0.25, -0.2) is 0 Å². The molecule has 20 heavy (non-hydrogen) atoms. The molecule has 0 saturated heterocycles. The molecule has 0 aliphatic heterocycles. The fourth-order valence-electron chi connectivity index (χ4n) is 1.88. The van der Waals surface area contributed by atoms with Gasteiger partial charge in [-0.05, 0) is 45.2 Å². The summed E-state index contributed by atoms with van der Waals surface area (Å²) in [4.78, 5) is 13.9. The van der Waals surface area contributed by atoms with Gasteiger partial charge in [-0.3, -0.25) is 9.69 Å².